The maximum absolute atomic E-state index is 8.61. The molecular weight excluding hydrogens is 224 g/mol. The summed E-state index contributed by atoms with van der Waals surface area (Å²) in [5.41, 5.74) is 3.22. The molecule has 0 saturated heterocycles. The van der Waals surface area contributed by atoms with Gasteiger partial charge in [0.25, 0.3) is 0 Å². The van der Waals surface area contributed by atoms with Crippen molar-refractivity contribution < 1.29 is 0 Å². The second-order valence-electron chi connectivity index (χ2n) is 4.28. The lowest BCUT2D eigenvalue weighted by atomic mass is 10.1. The SMILES string of the molecule is CC(Nc1ccc(CC#N)cc1)c1ccnn1C. The first-order valence-electron chi connectivity index (χ1n) is 5.91. The van der Waals surface area contributed by atoms with E-state index in [0.717, 1.165) is 16.9 Å². The van der Waals surface area contributed by atoms with Gasteiger partial charge in [-0.05, 0) is 30.7 Å². The Labute approximate surface area is 107 Å². The predicted octanol–water partition coefficient (Wildman–Crippen LogP) is 2.66. The second kappa shape index (κ2) is 5.37. The Kier molecular flexibility index (Phi) is 3.63. The summed E-state index contributed by atoms with van der Waals surface area (Å²) in [7, 11) is 1.93. The van der Waals surface area contributed by atoms with Gasteiger partial charge in [-0.25, -0.2) is 0 Å². The Morgan fingerprint density at radius 3 is 2.61 bits per heavy atom. The van der Waals surface area contributed by atoms with Gasteiger partial charge in [-0.3, -0.25) is 4.68 Å². The van der Waals surface area contributed by atoms with Gasteiger partial charge in [0.15, 0.2) is 0 Å². The van der Waals surface area contributed by atoms with Gasteiger partial charge in [0.1, 0.15) is 0 Å². The molecule has 1 aromatic heterocycles. The molecule has 0 radical (unpaired) electrons. The molecule has 0 amide bonds. The zero-order chi connectivity index (χ0) is 13.0. The quantitative estimate of drug-likeness (QED) is 0.893. The van der Waals surface area contributed by atoms with Crippen molar-refractivity contribution in [3.05, 3.63) is 47.8 Å². The number of nitrogens with one attached hydrogen (secondary N) is 1. The second-order valence-corrected chi connectivity index (χ2v) is 4.28. The minimum absolute atomic E-state index is 0.194. The van der Waals surface area contributed by atoms with Crippen LogP contribution in [-0.4, -0.2) is 9.78 Å². The van der Waals surface area contributed by atoms with Crippen molar-refractivity contribution in [2.75, 3.05) is 5.32 Å². The average Bonchev–Trinajstić information content (AvgIpc) is 2.78. The Morgan fingerprint density at radius 1 is 1.33 bits per heavy atom. The molecule has 4 heteroatoms. The van der Waals surface area contributed by atoms with Crippen LogP contribution in [0.3, 0.4) is 0 Å². The molecule has 4 nitrogen and oxygen atoms in total. The highest BCUT2D eigenvalue weighted by Gasteiger charge is 2.08. The number of rotatable bonds is 4. The van der Waals surface area contributed by atoms with Gasteiger partial charge in [-0.1, -0.05) is 12.1 Å². The van der Waals surface area contributed by atoms with Gasteiger partial charge in [0, 0.05) is 18.9 Å². The first-order valence-corrected chi connectivity index (χ1v) is 5.91. The van der Waals surface area contributed by atoms with Crippen molar-refractivity contribution in [3.63, 3.8) is 0 Å². The maximum atomic E-state index is 8.61. The third-order valence-electron chi connectivity index (χ3n) is 2.92. The fourth-order valence-corrected chi connectivity index (χ4v) is 1.94. The minimum Gasteiger partial charge on any atom is -0.377 e. The predicted molar refractivity (Wildman–Crippen MR) is 71.0 cm³/mol. The lowest BCUT2D eigenvalue weighted by molar-refractivity contribution is 0.676. The van der Waals surface area contributed by atoms with E-state index >= 15 is 0 Å². The van der Waals surface area contributed by atoms with Crippen molar-refractivity contribution in [2.45, 2.75) is 19.4 Å². The van der Waals surface area contributed by atoms with Crippen molar-refractivity contribution in [1.29, 1.82) is 5.26 Å². The summed E-state index contributed by atoms with van der Waals surface area (Å²) in [4.78, 5) is 0. The van der Waals surface area contributed by atoms with Gasteiger partial charge in [-0.2, -0.15) is 10.4 Å². The molecule has 1 atom stereocenters. The highest BCUT2D eigenvalue weighted by Crippen LogP contribution is 2.18. The third kappa shape index (κ3) is 2.69. The van der Waals surface area contributed by atoms with Gasteiger partial charge in [0.05, 0.1) is 24.2 Å². The van der Waals surface area contributed by atoms with E-state index in [2.05, 4.69) is 23.4 Å². The van der Waals surface area contributed by atoms with Crippen LogP contribution in [-0.2, 0) is 13.5 Å². The minimum atomic E-state index is 0.194. The van der Waals surface area contributed by atoms with Crippen LogP contribution < -0.4 is 5.32 Å². The van der Waals surface area contributed by atoms with Crippen LogP contribution in [0.1, 0.15) is 24.2 Å². The Bertz CT molecular complexity index is 548. The normalized spacial score (nSPS) is 11.8. The maximum Gasteiger partial charge on any atom is 0.0669 e. The number of nitriles is 1. The Morgan fingerprint density at radius 2 is 2.06 bits per heavy atom. The molecule has 0 aliphatic heterocycles. The van der Waals surface area contributed by atoms with E-state index in [1.54, 1.807) is 6.20 Å². The van der Waals surface area contributed by atoms with Gasteiger partial charge >= 0.3 is 0 Å². The van der Waals surface area contributed by atoms with Crippen molar-refractivity contribution in [1.82, 2.24) is 9.78 Å². The standard InChI is InChI=1S/C14H16N4/c1-11(14-8-10-16-18(14)2)17-13-5-3-12(4-6-13)7-9-15/h3-6,8,10-11,17H,7H2,1-2H3. The van der Waals surface area contributed by atoms with Crippen LogP contribution in [0, 0.1) is 11.3 Å². The number of nitrogens with zero attached hydrogens (tertiary/aromatic N) is 3. The molecule has 18 heavy (non-hydrogen) atoms. The number of hydrogen-bond donors (Lipinski definition) is 1. The molecule has 1 heterocycles. The number of benzene rings is 1. The van der Waals surface area contributed by atoms with Crippen LogP contribution in [0.2, 0.25) is 0 Å². The van der Waals surface area contributed by atoms with Crippen LogP contribution in [0.5, 0.6) is 0 Å². The van der Waals surface area contributed by atoms with Gasteiger partial charge in [-0.15, -0.1) is 0 Å². The van der Waals surface area contributed by atoms with Crippen LogP contribution in [0.25, 0.3) is 0 Å². The van der Waals surface area contributed by atoms with Crippen LogP contribution in [0.15, 0.2) is 36.5 Å². The number of hydrogen-bond acceptors (Lipinski definition) is 3. The average molecular weight is 240 g/mol. The number of anilines is 1. The number of aryl methyl sites for hydroxylation is 1. The first kappa shape index (κ1) is 12.2. The van der Waals surface area contributed by atoms with Crippen molar-refractivity contribution in [2.24, 2.45) is 7.05 Å². The summed E-state index contributed by atoms with van der Waals surface area (Å²) >= 11 is 0. The molecule has 2 aromatic rings. The van der Waals surface area contributed by atoms with Crippen LogP contribution >= 0.6 is 0 Å². The summed E-state index contributed by atoms with van der Waals surface area (Å²) < 4.78 is 1.86. The molecular formula is C14H16N4. The number of aromatic nitrogens is 2. The fraction of sp³-hybridized carbons (Fsp3) is 0.286. The van der Waals surface area contributed by atoms with E-state index in [1.165, 1.54) is 0 Å². The lowest BCUT2D eigenvalue weighted by Gasteiger charge is -2.15. The summed E-state index contributed by atoms with van der Waals surface area (Å²) in [5, 5.41) is 16.2. The zero-order valence-corrected chi connectivity index (χ0v) is 10.6. The van der Waals surface area contributed by atoms with Crippen molar-refractivity contribution in [3.8, 4) is 6.07 Å². The highest BCUT2D eigenvalue weighted by atomic mass is 15.3. The summed E-state index contributed by atoms with van der Waals surface area (Å²) in [6.45, 7) is 2.10. The monoisotopic (exact) mass is 240 g/mol. The largest absolute Gasteiger partial charge is 0.377 e. The molecule has 0 saturated carbocycles. The van der Waals surface area contributed by atoms with E-state index < -0.39 is 0 Å². The topological polar surface area (TPSA) is 53.6 Å². The lowest BCUT2D eigenvalue weighted by Crippen LogP contribution is -2.11. The van der Waals surface area contributed by atoms with Crippen LogP contribution in [0.4, 0.5) is 5.69 Å². The summed E-state index contributed by atoms with van der Waals surface area (Å²) in [5.74, 6) is 0. The van der Waals surface area contributed by atoms with E-state index in [0.29, 0.717) is 6.42 Å². The molecule has 1 aromatic carbocycles. The Hall–Kier alpha value is -2.28. The first-order chi connectivity index (χ1) is 8.70. The molecule has 0 bridgehead atoms. The molecule has 92 valence electrons. The van der Waals surface area contributed by atoms with Gasteiger partial charge in [0.2, 0.25) is 0 Å². The molecule has 2 rings (SSSR count). The Balaban J connectivity index is 2.06. The highest BCUT2D eigenvalue weighted by molar-refractivity contribution is 5.46. The summed E-state index contributed by atoms with van der Waals surface area (Å²) in [6.07, 6.45) is 2.25. The van der Waals surface area contributed by atoms with E-state index in [4.69, 9.17) is 5.26 Å². The smallest absolute Gasteiger partial charge is 0.0669 e. The molecule has 0 aliphatic rings. The molecule has 0 spiro atoms. The zero-order valence-electron chi connectivity index (χ0n) is 10.6. The summed E-state index contributed by atoms with van der Waals surface area (Å²) in [6, 6.07) is 12.3. The molecule has 0 fully saturated rings. The van der Waals surface area contributed by atoms with E-state index in [-0.39, 0.29) is 6.04 Å². The molecule has 1 N–H and O–H groups in total. The molecule has 0 aliphatic carbocycles. The van der Waals surface area contributed by atoms with E-state index in [9.17, 15) is 0 Å². The fourth-order valence-electron chi connectivity index (χ4n) is 1.94. The third-order valence-corrected chi connectivity index (χ3v) is 2.92. The van der Waals surface area contributed by atoms with Crippen molar-refractivity contribution >= 4 is 5.69 Å². The van der Waals surface area contributed by atoms with Gasteiger partial charge < -0.3 is 5.32 Å². The van der Waals surface area contributed by atoms with E-state index in [1.807, 2.05) is 42.1 Å². The molecule has 1 unspecified atom stereocenters.